The van der Waals surface area contributed by atoms with Crippen molar-refractivity contribution < 1.29 is 18.4 Å². The zero-order chi connectivity index (χ0) is 14.0. The minimum Gasteiger partial charge on any atom is -0.455 e. The molecule has 1 aliphatic heterocycles. The minimum atomic E-state index is -0.538. The molecule has 3 heterocycles. The van der Waals surface area contributed by atoms with E-state index in [0.717, 1.165) is 0 Å². The van der Waals surface area contributed by atoms with E-state index in [0.29, 0.717) is 55.8 Å². The Hall–Kier alpha value is -1.70. The lowest BCUT2D eigenvalue weighted by molar-refractivity contribution is -0.101. The van der Waals surface area contributed by atoms with Gasteiger partial charge in [-0.1, -0.05) is 5.16 Å². The van der Waals surface area contributed by atoms with E-state index in [1.807, 2.05) is 0 Å². The number of aromatic nitrogens is 2. The Bertz CT molecular complexity index is 572. The SMILES string of the molecule is COC1(c2noc(-c3ccc(CN)o3)n2)CCOCC1. The molecule has 0 atom stereocenters. The quantitative estimate of drug-likeness (QED) is 0.904. The predicted octanol–water partition coefficient (Wildman–Crippen LogP) is 1.44. The smallest absolute Gasteiger partial charge is 0.293 e. The van der Waals surface area contributed by atoms with E-state index in [9.17, 15) is 0 Å². The van der Waals surface area contributed by atoms with Crippen molar-refractivity contribution in [2.24, 2.45) is 5.73 Å². The first-order chi connectivity index (χ1) is 9.77. The van der Waals surface area contributed by atoms with E-state index in [-0.39, 0.29) is 0 Å². The van der Waals surface area contributed by atoms with Crippen LogP contribution in [0.15, 0.2) is 21.1 Å². The largest absolute Gasteiger partial charge is 0.455 e. The van der Waals surface area contributed by atoms with Gasteiger partial charge in [0.25, 0.3) is 5.89 Å². The topological polar surface area (TPSA) is 96.5 Å². The lowest BCUT2D eigenvalue weighted by Crippen LogP contribution is -2.36. The van der Waals surface area contributed by atoms with Gasteiger partial charge in [-0.3, -0.25) is 0 Å². The van der Waals surface area contributed by atoms with Crippen LogP contribution >= 0.6 is 0 Å². The molecule has 7 heteroatoms. The maximum atomic E-state index is 5.62. The van der Waals surface area contributed by atoms with Crippen molar-refractivity contribution in [3.05, 3.63) is 23.7 Å². The van der Waals surface area contributed by atoms with Crippen LogP contribution in [0.2, 0.25) is 0 Å². The average Bonchev–Trinajstić information content (AvgIpc) is 3.16. The van der Waals surface area contributed by atoms with Gasteiger partial charge in [-0.25, -0.2) is 0 Å². The molecule has 1 fully saturated rings. The third kappa shape index (κ3) is 2.24. The molecule has 2 N–H and O–H groups in total. The number of ether oxygens (including phenoxy) is 2. The van der Waals surface area contributed by atoms with E-state index in [1.165, 1.54) is 0 Å². The summed E-state index contributed by atoms with van der Waals surface area (Å²) in [7, 11) is 1.65. The predicted molar refractivity (Wildman–Crippen MR) is 68.6 cm³/mol. The molecule has 7 nitrogen and oxygen atoms in total. The Balaban J connectivity index is 1.88. The standard InChI is InChI=1S/C13H17N3O4/c1-17-13(4-6-18-7-5-13)12-15-11(20-16-12)10-3-2-9(8-14)19-10/h2-3H,4-8,14H2,1H3. The summed E-state index contributed by atoms with van der Waals surface area (Å²) in [6.45, 7) is 1.58. The van der Waals surface area contributed by atoms with E-state index >= 15 is 0 Å². The lowest BCUT2D eigenvalue weighted by atomic mass is 9.93. The van der Waals surface area contributed by atoms with Gasteiger partial charge in [0.15, 0.2) is 5.76 Å². The van der Waals surface area contributed by atoms with Crippen molar-refractivity contribution in [3.63, 3.8) is 0 Å². The Labute approximate surface area is 116 Å². The van der Waals surface area contributed by atoms with Gasteiger partial charge in [-0.2, -0.15) is 4.98 Å². The van der Waals surface area contributed by atoms with Crippen LogP contribution in [0.5, 0.6) is 0 Å². The zero-order valence-corrected chi connectivity index (χ0v) is 11.3. The van der Waals surface area contributed by atoms with Gasteiger partial charge in [-0.15, -0.1) is 0 Å². The Morgan fingerprint density at radius 2 is 2.15 bits per heavy atom. The molecule has 0 saturated carbocycles. The Morgan fingerprint density at radius 1 is 1.35 bits per heavy atom. The highest BCUT2D eigenvalue weighted by Gasteiger charge is 2.39. The van der Waals surface area contributed by atoms with E-state index in [1.54, 1.807) is 19.2 Å². The fraction of sp³-hybridized carbons (Fsp3) is 0.538. The van der Waals surface area contributed by atoms with Crippen molar-refractivity contribution in [3.8, 4) is 11.7 Å². The van der Waals surface area contributed by atoms with Crippen molar-refractivity contribution in [1.82, 2.24) is 10.1 Å². The molecule has 0 unspecified atom stereocenters. The van der Waals surface area contributed by atoms with Crippen molar-refractivity contribution in [2.75, 3.05) is 20.3 Å². The molecule has 1 aliphatic rings. The molecule has 0 aliphatic carbocycles. The van der Waals surface area contributed by atoms with Gasteiger partial charge >= 0.3 is 0 Å². The van der Waals surface area contributed by atoms with Crippen molar-refractivity contribution >= 4 is 0 Å². The van der Waals surface area contributed by atoms with Crippen LogP contribution in [-0.2, 0) is 21.6 Å². The number of rotatable bonds is 4. The maximum absolute atomic E-state index is 5.62. The van der Waals surface area contributed by atoms with Crippen LogP contribution in [0.25, 0.3) is 11.7 Å². The van der Waals surface area contributed by atoms with Gasteiger partial charge in [0, 0.05) is 33.2 Å². The molecule has 3 rings (SSSR count). The van der Waals surface area contributed by atoms with Gasteiger partial charge in [0.1, 0.15) is 11.4 Å². The van der Waals surface area contributed by atoms with Crippen LogP contribution < -0.4 is 5.73 Å². The van der Waals surface area contributed by atoms with Crippen LogP contribution in [0.4, 0.5) is 0 Å². The zero-order valence-electron chi connectivity index (χ0n) is 11.3. The molecule has 2 aromatic rings. The summed E-state index contributed by atoms with van der Waals surface area (Å²) in [6, 6.07) is 3.56. The number of methoxy groups -OCH3 is 1. The number of furan rings is 1. The van der Waals surface area contributed by atoms with Gasteiger partial charge in [0.2, 0.25) is 5.82 Å². The summed E-state index contributed by atoms with van der Waals surface area (Å²) in [5.74, 6) is 2.06. The monoisotopic (exact) mass is 279 g/mol. The number of nitrogens with two attached hydrogens (primary N) is 1. The van der Waals surface area contributed by atoms with Gasteiger partial charge in [0.05, 0.1) is 6.54 Å². The molecule has 0 bridgehead atoms. The summed E-state index contributed by atoms with van der Waals surface area (Å²) in [4.78, 5) is 4.40. The van der Waals surface area contributed by atoms with Crippen LogP contribution in [0.1, 0.15) is 24.4 Å². The minimum absolute atomic E-state index is 0.334. The normalized spacial score (nSPS) is 18.3. The third-order valence-electron chi connectivity index (χ3n) is 3.60. The summed E-state index contributed by atoms with van der Waals surface area (Å²) in [5, 5.41) is 4.04. The Kier molecular flexibility index (Phi) is 3.56. The molecule has 20 heavy (non-hydrogen) atoms. The van der Waals surface area contributed by atoms with Crippen molar-refractivity contribution in [1.29, 1.82) is 0 Å². The number of nitrogens with zero attached hydrogens (tertiary/aromatic N) is 2. The lowest BCUT2D eigenvalue weighted by Gasteiger charge is -2.32. The van der Waals surface area contributed by atoms with Crippen LogP contribution in [0, 0.1) is 0 Å². The van der Waals surface area contributed by atoms with Crippen LogP contribution in [0.3, 0.4) is 0 Å². The highest BCUT2D eigenvalue weighted by atomic mass is 16.5. The molecular weight excluding hydrogens is 262 g/mol. The average molecular weight is 279 g/mol. The molecule has 108 valence electrons. The van der Waals surface area contributed by atoms with Gasteiger partial charge < -0.3 is 24.1 Å². The molecular formula is C13H17N3O4. The van der Waals surface area contributed by atoms with E-state index in [2.05, 4.69) is 10.1 Å². The van der Waals surface area contributed by atoms with Crippen LogP contribution in [-0.4, -0.2) is 30.5 Å². The Morgan fingerprint density at radius 3 is 2.80 bits per heavy atom. The molecule has 0 spiro atoms. The second-order valence-corrected chi connectivity index (χ2v) is 4.70. The first kappa shape index (κ1) is 13.3. The van der Waals surface area contributed by atoms with Crippen molar-refractivity contribution in [2.45, 2.75) is 25.0 Å². The van der Waals surface area contributed by atoms with E-state index < -0.39 is 5.60 Å². The molecule has 0 radical (unpaired) electrons. The fourth-order valence-corrected chi connectivity index (χ4v) is 2.33. The summed E-state index contributed by atoms with van der Waals surface area (Å²) >= 11 is 0. The first-order valence-corrected chi connectivity index (χ1v) is 6.54. The number of hydrogen-bond acceptors (Lipinski definition) is 7. The second-order valence-electron chi connectivity index (χ2n) is 4.70. The highest BCUT2D eigenvalue weighted by molar-refractivity contribution is 5.44. The first-order valence-electron chi connectivity index (χ1n) is 6.54. The highest BCUT2D eigenvalue weighted by Crippen LogP contribution is 2.34. The second kappa shape index (κ2) is 5.35. The molecule has 1 saturated heterocycles. The summed E-state index contributed by atoms with van der Waals surface area (Å²) < 4.78 is 21.8. The maximum Gasteiger partial charge on any atom is 0.293 e. The summed E-state index contributed by atoms with van der Waals surface area (Å²) in [5.41, 5.74) is 4.97. The fourth-order valence-electron chi connectivity index (χ4n) is 2.33. The van der Waals surface area contributed by atoms with E-state index in [4.69, 9.17) is 24.1 Å². The molecule has 2 aromatic heterocycles. The molecule has 0 amide bonds. The summed E-state index contributed by atoms with van der Waals surface area (Å²) in [6.07, 6.45) is 1.41. The number of hydrogen-bond donors (Lipinski definition) is 1. The third-order valence-corrected chi connectivity index (χ3v) is 3.60. The molecule has 0 aromatic carbocycles. The van der Waals surface area contributed by atoms with Gasteiger partial charge in [-0.05, 0) is 12.1 Å².